The molecule has 7 nitrogen and oxygen atoms in total. The van der Waals surface area contributed by atoms with Crippen LogP contribution in [0.2, 0.25) is 0 Å². The van der Waals surface area contributed by atoms with Gasteiger partial charge in [0, 0.05) is 19.6 Å². The van der Waals surface area contributed by atoms with E-state index < -0.39 is 16.1 Å². The van der Waals surface area contributed by atoms with E-state index in [1.54, 1.807) is 29.6 Å². The number of rotatable bonds is 5. The largest absolute Gasteiger partial charge is 0.339 e. The zero-order valence-electron chi connectivity index (χ0n) is 16.6. The molecular weight excluding hydrogens is 422 g/mol. The van der Waals surface area contributed by atoms with Crippen LogP contribution >= 0.6 is 11.3 Å². The molecule has 0 saturated carbocycles. The number of piperidine rings is 1. The first-order chi connectivity index (χ1) is 14.5. The van der Waals surface area contributed by atoms with E-state index in [-0.39, 0.29) is 16.7 Å². The number of sulfonamides is 1. The van der Waals surface area contributed by atoms with Crippen molar-refractivity contribution in [3.8, 4) is 0 Å². The van der Waals surface area contributed by atoms with Gasteiger partial charge in [-0.15, -0.1) is 11.3 Å². The van der Waals surface area contributed by atoms with Crippen LogP contribution in [0, 0.1) is 0 Å². The fourth-order valence-corrected chi connectivity index (χ4v) is 6.51. The second-order valence-corrected chi connectivity index (χ2v) is 10.4. The number of benzene rings is 1. The number of thiophene rings is 1. The summed E-state index contributed by atoms with van der Waals surface area (Å²) in [5.74, 6) is -0.464. The Balaban J connectivity index is 1.50. The van der Waals surface area contributed by atoms with Gasteiger partial charge in [0.1, 0.15) is 11.0 Å². The smallest absolute Gasteiger partial charge is 0.256 e. The van der Waals surface area contributed by atoms with Crippen LogP contribution in [0.5, 0.6) is 0 Å². The van der Waals surface area contributed by atoms with Crippen molar-refractivity contribution >= 4 is 38.2 Å². The van der Waals surface area contributed by atoms with Gasteiger partial charge in [-0.25, -0.2) is 8.42 Å². The molecule has 0 bridgehead atoms. The average molecular weight is 448 g/mol. The molecule has 30 heavy (non-hydrogen) atoms. The van der Waals surface area contributed by atoms with Gasteiger partial charge in [0.05, 0.1) is 10.5 Å². The summed E-state index contributed by atoms with van der Waals surface area (Å²) in [6, 6.07) is 9.11. The Labute approximate surface area is 180 Å². The standard InChI is InChI=1S/C21H25N3O4S2/c25-19(18-10-7-14-24(18)30(27,28)16-8-3-1-4-9-16)22-20-17(11-15-29-20)21(26)23-12-5-2-6-13-23/h1,3-4,8-9,11,15,18H,2,5-7,10,12-14H2,(H,22,25). The first kappa shape index (κ1) is 21.0. The minimum atomic E-state index is -3.75. The first-order valence-electron chi connectivity index (χ1n) is 10.2. The molecule has 2 aliphatic rings. The summed E-state index contributed by atoms with van der Waals surface area (Å²) >= 11 is 1.29. The summed E-state index contributed by atoms with van der Waals surface area (Å²) in [6.45, 7) is 1.76. The monoisotopic (exact) mass is 447 g/mol. The van der Waals surface area contributed by atoms with Crippen molar-refractivity contribution in [1.29, 1.82) is 0 Å². The second kappa shape index (κ2) is 8.87. The lowest BCUT2D eigenvalue weighted by Gasteiger charge is -2.27. The number of carbonyl (C=O) groups is 2. The van der Waals surface area contributed by atoms with Crippen LogP contribution in [-0.4, -0.2) is 55.1 Å². The molecule has 1 N–H and O–H groups in total. The Hall–Kier alpha value is -2.23. The van der Waals surface area contributed by atoms with E-state index in [0.717, 1.165) is 32.4 Å². The van der Waals surface area contributed by atoms with Crippen molar-refractivity contribution < 1.29 is 18.0 Å². The van der Waals surface area contributed by atoms with Crippen molar-refractivity contribution in [3.63, 3.8) is 0 Å². The van der Waals surface area contributed by atoms with E-state index in [2.05, 4.69) is 5.32 Å². The van der Waals surface area contributed by atoms with Crippen LogP contribution in [0.3, 0.4) is 0 Å². The van der Waals surface area contributed by atoms with Crippen LogP contribution in [0.25, 0.3) is 0 Å². The number of nitrogens with one attached hydrogen (secondary N) is 1. The van der Waals surface area contributed by atoms with E-state index in [1.807, 2.05) is 4.90 Å². The van der Waals surface area contributed by atoms with Crippen LogP contribution < -0.4 is 5.32 Å². The third-order valence-corrected chi connectivity index (χ3v) is 8.38. The fraction of sp³-hybridized carbons (Fsp3) is 0.429. The maximum Gasteiger partial charge on any atom is 0.256 e. The van der Waals surface area contributed by atoms with E-state index in [4.69, 9.17) is 0 Å². The number of carbonyl (C=O) groups excluding carboxylic acids is 2. The van der Waals surface area contributed by atoms with E-state index in [9.17, 15) is 18.0 Å². The Morgan fingerprint density at radius 1 is 0.967 bits per heavy atom. The third-order valence-electron chi connectivity index (χ3n) is 5.63. The topological polar surface area (TPSA) is 86.8 Å². The zero-order chi connectivity index (χ0) is 21.1. The van der Waals surface area contributed by atoms with Crippen LogP contribution in [0.4, 0.5) is 5.00 Å². The minimum absolute atomic E-state index is 0.0774. The lowest BCUT2D eigenvalue weighted by molar-refractivity contribution is -0.119. The molecule has 1 unspecified atom stereocenters. The molecule has 2 saturated heterocycles. The van der Waals surface area contributed by atoms with Gasteiger partial charge in [-0.05, 0) is 55.7 Å². The fourth-order valence-electron chi connectivity index (χ4n) is 4.05. The third kappa shape index (κ3) is 4.14. The molecule has 2 aromatic rings. The lowest BCUT2D eigenvalue weighted by Crippen LogP contribution is -2.43. The molecule has 0 spiro atoms. The lowest BCUT2D eigenvalue weighted by atomic mass is 10.1. The molecule has 160 valence electrons. The maximum absolute atomic E-state index is 13.0. The summed E-state index contributed by atoms with van der Waals surface area (Å²) in [4.78, 5) is 27.9. The molecule has 0 radical (unpaired) electrons. The molecular formula is C21H25N3O4S2. The molecule has 2 fully saturated rings. The number of hydrogen-bond donors (Lipinski definition) is 1. The predicted octanol–water partition coefficient (Wildman–Crippen LogP) is 3.17. The molecule has 9 heteroatoms. The highest BCUT2D eigenvalue weighted by Crippen LogP contribution is 2.30. The van der Waals surface area contributed by atoms with E-state index >= 15 is 0 Å². The van der Waals surface area contributed by atoms with Crippen molar-refractivity contribution in [3.05, 3.63) is 47.3 Å². The molecule has 0 aliphatic carbocycles. The minimum Gasteiger partial charge on any atom is -0.339 e. The van der Waals surface area contributed by atoms with Gasteiger partial charge in [0.25, 0.3) is 5.91 Å². The molecule has 1 aromatic heterocycles. The van der Waals surface area contributed by atoms with Crippen molar-refractivity contribution in [2.45, 2.75) is 43.0 Å². The number of amides is 2. The molecule has 2 amide bonds. The highest BCUT2D eigenvalue weighted by Gasteiger charge is 2.39. The SMILES string of the molecule is O=C(Nc1sccc1C(=O)N1CCCCC1)C1CCCN1S(=O)(=O)c1ccccc1. The number of nitrogens with zero attached hydrogens (tertiary/aromatic N) is 2. The Kier molecular flexibility index (Phi) is 6.21. The summed E-state index contributed by atoms with van der Waals surface area (Å²) in [5, 5.41) is 5.10. The van der Waals surface area contributed by atoms with Gasteiger partial charge in [-0.1, -0.05) is 18.2 Å². The normalized spacial score (nSPS) is 20.3. The molecule has 1 aromatic carbocycles. The van der Waals surface area contributed by atoms with Crippen LogP contribution in [0.15, 0.2) is 46.7 Å². The van der Waals surface area contributed by atoms with Crippen LogP contribution in [-0.2, 0) is 14.8 Å². The Morgan fingerprint density at radius 3 is 2.43 bits per heavy atom. The Morgan fingerprint density at radius 2 is 1.70 bits per heavy atom. The molecule has 3 heterocycles. The summed E-state index contributed by atoms with van der Waals surface area (Å²) in [5.41, 5.74) is 0.478. The van der Waals surface area contributed by atoms with Crippen LogP contribution in [0.1, 0.15) is 42.5 Å². The van der Waals surface area contributed by atoms with Gasteiger partial charge in [0.15, 0.2) is 0 Å². The average Bonchev–Trinajstić information content (AvgIpc) is 3.44. The van der Waals surface area contributed by atoms with Gasteiger partial charge < -0.3 is 10.2 Å². The highest BCUT2D eigenvalue weighted by atomic mass is 32.2. The number of anilines is 1. The maximum atomic E-state index is 13.0. The quantitative estimate of drug-likeness (QED) is 0.763. The summed E-state index contributed by atoms with van der Waals surface area (Å²) in [7, 11) is -3.75. The van der Waals surface area contributed by atoms with E-state index in [1.165, 1.54) is 27.8 Å². The zero-order valence-corrected chi connectivity index (χ0v) is 18.3. The summed E-state index contributed by atoms with van der Waals surface area (Å²) in [6.07, 6.45) is 4.19. The van der Waals surface area contributed by atoms with Crippen molar-refractivity contribution in [2.24, 2.45) is 0 Å². The predicted molar refractivity (Wildman–Crippen MR) is 116 cm³/mol. The molecule has 4 rings (SSSR count). The van der Waals surface area contributed by atoms with Gasteiger partial charge >= 0.3 is 0 Å². The Bertz CT molecular complexity index is 1010. The number of likely N-dealkylation sites (tertiary alicyclic amines) is 1. The second-order valence-electron chi connectivity index (χ2n) is 7.59. The van der Waals surface area contributed by atoms with Gasteiger partial charge in [0.2, 0.25) is 15.9 Å². The number of hydrogen-bond acceptors (Lipinski definition) is 5. The van der Waals surface area contributed by atoms with Gasteiger partial charge in [-0.2, -0.15) is 4.31 Å². The summed E-state index contributed by atoms with van der Waals surface area (Å²) < 4.78 is 27.3. The van der Waals surface area contributed by atoms with Crippen molar-refractivity contribution in [2.75, 3.05) is 25.0 Å². The molecule has 2 aliphatic heterocycles. The first-order valence-corrected chi connectivity index (χ1v) is 12.5. The molecule has 1 atom stereocenters. The van der Waals surface area contributed by atoms with E-state index in [0.29, 0.717) is 30.0 Å². The van der Waals surface area contributed by atoms with Crippen molar-refractivity contribution in [1.82, 2.24) is 9.21 Å². The van der Waals surface area contributed by atoms with Gasteiger partial charge in [-0.3, -0.25) is 9.59 Å². The highest BCUT2D eigenvalue weighted by molar-refractivity contribution is 7.89.